The van der Waals surface area contributed by atoms with Crippen LogP contribution in [-0.2, 0) is 0 Å². The second-order valence-electron chi connectivity index (χ2n) is 3.28. The number of hydrogen-bond acceptors (Lipinski definition) is 3. The molecule has 0 atom stereocenters. The van der Waals surface area contributed by atoms with Crippen molar-refractivity contribution in [2.75, 3.05) is 5.73 Å². The van der Waals surface area contributed by atoms with Crippen molar-refractivity contribution in [2.45, 2.75) is 0 Å². The van der Waals surface area contributed by atoms with E-state index in [2.05, 4.69) is 4.98 Å². The van der Waals surface area contributed by atoms with E-state index in [1.54, 1.807) is 12.1 Å². The highest BCUT2D eigenvalue weighted by Crippen LogP contribution is 2.23. The van der Waals surface area contributed by atoms with Gasteiger partial charge < -0.3 is 5.73 Å². The van der Waals surface area contributed by atoms with Crippen molar-refractivity contribution in [1.82, 2.24) is 4.98 Å². The molecule has 0 saturated heterocycles. The van der Waals surface area contributed by atoms with Crippen LogP contribution in [0.1, 0.15) is 5.56 Å². The molecule has 0 aliphatic rings. The minimum atomic E-state index is -0.384. The Kier molecular flexibility index (Phi) is 2.52. The van der Waals surface area contributed by atoms with E-state index in [1.165, 1.54) is 24.4 Å². The van der Waals surface area contributed by atoms with Crippen LogP contribution in [0.5, 0.6) is 0 Å². The van der Waals surface area contributed by atoms with Crippen molar-refractivity contribution in [3.8, 4) is 17.2 Å². The molecule has 4 heteroatoms. The number of halogens is 1. The maximum Gasteiger partial charge on any atom is 0.131 e. The monoisotopic (exact) mass is 213 g/mol. The van der Waals surface area contributed by atoms with Crippen LogP contribution in [0.15, 0.2) is 36.5 Å². The van der Waals surface area contributed by atoms with Gasteiger partial charge in [-0.2, -0.15) is 5.26 Å². The molecule has 0 amide bonds. The fraction of sp³-hybridized carbons (Fsp3) is 0. The molecule has 2 N–H and O–H groups in total. The second-order valence-corrected chi connectivity index (χ2v) is 3.28. The van der Waals surface area contributed by atoms with Gasteiger partial charge in [-0.3, -0.25) is 0 Å². The number of nitrogens with zero attached hydrogens (tertiary/aromatic N) is 2. The molecule has 2 rings (SSSR count). The lowest BCUT2D eigenvalue weighted by Crippen LogP contribution is -1.91. The summed E-state index contributed by atoms with van der Waals surface area (Å²) in [5, 5.41) is 8.74. The van der Waals surface area contributed by atoms with Crippen LogP contribution in [0.25, 0.3) is 11.1 Å². The summed E-state index contributed by atoms with van der Waals surface area (Å²) in [6.07, 6.45) is 1.48. The van der Waals surface area contributed by atoms with Crippen LogP contribution in [0.4, 0.5) is 10.2 Å². The summed E-state index contributed by atoms with van der Waals surface area (Å²) in [5.74, 6) is -0.00818. The minimum absolute atomic E-state index is 0.353. The third kappa shape index (κ3) is 1.84. The zero-order valence-corrected chi connectivity index (χ0v) is 8.31. The average Bonchev–Trinajstić information content (AvgIpc) is 2.31. The Morgan fingerprint density at radius 3 is 2.69 bits per heavy atom. The standard InChI is InChI=1S/C12H8FN3/c13-11-3-1-8(6-14)5-10(11)9-2-4-12(15)16-7-9/h1-5,7H,(H2,15,16). The molecule has 0 fully saturated rings. The maximum atomic E-state index is 13.5. The first-order valence-corrected chi connectivity index (χ1v) is 4.62. The number of anilines is 1. The van der Waals surface area contributed by atoms with Crippen molar-refractivity contribution in [2.24, 2.45) is 0 Å². The van der Waals surface area contributed by atoms with Crippen LogP contribution < -0.4 is 5.73 Å². The van der Waals surface area contributed by atoms with Crippen molar-refractivity contribution >= 4 is 5.82 Å². The van der Waals surface area contributed by atoms with Gasteiger partial charge in [0, 0.05) is 17.3 Å². The van der Waals surface area contributed by atoms with Crippen molar-refractivity contribution in [1.29, 1.82) is 5.26 Å². The molecule has 0 unspecified atom stereocenters. The van der Waals surface area contributed by atoms with Crippen LogP contribution in [-0.4, -0.2) is 4.98 Å². The highest BCUT2D eigenvalue weighted by Gasteiger charge is 2.06. The van der Waals surface area contributed by atoms with Gasteiger partial charge in [0.25, 0.3) is 0 Å². The van der Waals surface area contributed by atoms with E-state index in [1.807, 2.05) is 6.07 Å². The van der Waals surface area contributed by atoms with Crippen molar-refractivity contribution in [3.63, 3.8) is 0 Å². The molecular weight excluding hydrogens is 205 g/mol. The summed E-state index contributed by atoms with van der Waals surface area (Å²) >= 11 is 0. The van der Waals surface area contributed by atoms with Crippen LogP contribution in [0.3, 0.4) is 0 Å². The molecule has 0 bridgehead atoms. The van der Waals surface area contributed by atoms with E-state index in [9.17, 15) is 4.39 Å². The van der Waals surface area contributed by atoms with E-state index in [0.29, 0.717) is 22.5 Å². The first-order chi connectivity index (χ1) is 7.70. The normalized spacial score (nSPS) is 9.75. The molecule has 0 radical (unpaired) electrons. The van der Waals surface area contributed by atoms with Gasteiger partial charge in [-0.15, -0.1) is 0 Å². The zero-order chi connectivity index (χ0) is 11.5. The summed E-state index contributed by atoms with van der Waals surface area (Å²) in [5.41, 5.74) is 6.81. The van der Waals surface area contributed by atoms with E-state index in [-0.39, 0.29) is 5.82 Å². The molecule has 78 valence electrons. The Morgan fingerprint density at radius 2 is 2.06 bits per heavy atom. The van der Waals surface area contributed by atoms with Gasteiger partial charge in [0.05, 0.1) is 11.6 Å². The van der Waals surface area contributed by atoms with Gasteiger partial charge in [-0.25, -0.2) is 9.37 Å². The minimum Gasteiger partial charge on any atom is -0.384 e. The van der Waals surface area contributed by atoms with Gasteiger partial charge in [0.2, 0.25) is 0 Å². The summed E-state index contributed by atoms with van der Waals surface area (Å²) < 4.78 is 13.5. The number of hydrogen-bond donors (Lipinski definition) is 1. The number of pyridine rings is 1. The first kappa shape index (κ1) is 10.1. The summed E-state index contributed by atoms with van der Waals surface area (Å²) in [6, 6.07) is 9.41. The number of rotatable bonds is 1. The lowest BCUT2D eigenvalue weighted by Gasteiger charge is -2.03. The number of nitrogen functional groups attached to an aromatic ring is 1. The highest BCUT2D eigenvalue weighted by molar-refractivity contribution is 5.65. The molecule has 1 aromatic carbocycles. The van der Waals surface area contributed by atoms with E-state index >= 15 is 0 Å². The van der Waals surface area contributed by atoms with Crippen molar-refractivity contribution in [3.05, 3.63) is 47.9 Å². The molecule has 0 aliphatic heterocycles. The molecule has 0 saturated carbocycles. The fourth-order valence-corrected chi connectivity index (χ4v) is 1.38. The van der Waals surface area contributed by atoms with Gasteiger partial charge >= 0.3 is 0 Å². The molecule has 2 aromatic rings. The SMILES string of the molecule is N#Cc1ccc(F)c(-c2ccc(N)nc2)c1. The average molecular weight is 213 g/mol. The van der Waals surface area contributed by atoms with Crippen molar-refractivity contribution < 1.29 is 4.39 Å². The summed E-state index contributed by atoms with van der Waals surface area (Å²) in [6.45, 7) is 0. The highest BCUT2D eigenvalue weighted by atomic mass is 19.1. The molecule has 1 aromatic heterocycles. The zero-order valence-electron chi connectivity index (χ0n) is 8.31. The number of nitrogens with two attached hydrogens (primary N) is 1. The van der Waals surface area contributed by atoms with Gasteiger partial charge in [-0.05, 0) is 30.3 Å². The number of benzene rings is 1. The molecule has 0 aliphatic carbocycles. The smallest absolute Gasteiger partial charge is 0.131 e. The summed E-state index contributed by atoms with van der Waals surface area (Å²) in [7, 11) is 0. The van der Waals surface area contributed by atoms with Gasteiger partial charge in [-0.1, -0.05) is 0 Å². The first-order valence-electron chi connectivity index (χ1n) is 4.62. The topological polar surface area (TPSA) is 62.7 Å². The van der Waals surface area contributed by atoms with E-state index in [4.69, 9.17) is 11.0 Å². The molecular formula is C12H8FN3. The molecule has 0 spiro atoms. The number of nitriles is 1. The Morgan fingerprint density at radius 1 is 1.25 bits per heavy atom. The molecule has 3 nitrogen and oxygen atoms in total. The Labute approximate surface area is 92.0 Å². The second kappa shape index (κ2) is 3.99. The van der Waals surface area contributed by atoms with Gasteiger partial charge in [0.15, 0.2) is 0 Å². The third-order valence-corrected chi connectivity index (χ3v) is 2.19. The predicted octanol–water partition coefficient (Wildman–Crippen LogP) is 2.34. The lowest BCUT2D eigenvalue weighted by atomic mass is 10.0. The Balaban J connectivity index is 2.55. The third-order valence-electron chi connectivity index (χ3n) is 2.19. The fourth-order valence-electron chi connectivity index (χ4n) is 1.38. The van der Waals surface area contributed by atoms with E-state index in [0.717, 1.165) is 0 Å². The molecule has 1 heterocycles. The van der Waals surface area contributed by atoms with E-state index < -0.39 is 0 Å². The Bertz CT molecular complexity index is 555. The number of aromatic nitrogens is 1. The van der Waals surface area contributed by atoms with Gasteiger partial charge in [0.1, 0.15) is 11.6 Å². The quantitative estimate of drug-likeness (QED) is 0.790. The summed E-state index contributed by atoms with van der Waals surface area (Å²) in [4.78, 5) is 3.88. The molecule has 16 heavy (non-hydrogen) atoms. The van der Waals surface area contributed by atoms with Crippen LogP contribution >= 0.6 is 0 Å². The Hall–Kier alpha value is -2.41. The van der Waals surface area contributed by atoms with Crippen LogP contribution in [0.2, 0.25) is 0 Å². The largest absolute Gasteiger partial charge is 0.384 e. The van der Waals surface area contributed by atoms with Crippen LogP contribution in [0, 0.1) is 17.1 Å². The lowest BCUT2D eigenvalue weighted by molar-refractivity contribution is 0.631. The predicted molar refractivity (Wildman–Crippen MR) is 58.8 cm³/mol. The maximum absolute atomic E-state index is 13.5.